The maximum atomic E-state index is 9.70. The smallest absolute Gasteiger partial charge is 0.191 e. The van der Waals surface area contributed by atoms with Gasteiger partial charge in [-0.3, -0.25) is 0 Å². The highest BCUT2D eigenvalue weighted by Crippen LogP contribution is 2.34. The summed E-state index contributed by atoms with van der Waals surface area (Å²) in [6.07, 6.45) is 2.12. The van der Waals surface area contributed by atoms with Crippen molar-refractivity contribution in [2.75, 3.05) is 5.75 Å². The van der Waals surface area contributed by atoms with Gasteiger partial charge in [-0.25, -0.2) is 0 Å². The fourth-order valence-corrected chi connectivity index (χ4v) is 2.42. The van der Waals surface area contributed by atoms with Gasteiger partial charge < -0.3 is 15.4 Å². The van der Waals surface area contributed by atoms with Crippen molar-refractivity contribution < 1.29 is 5.11 Å². The molecule has 1 aromatic heterocycles. The lowest BCUT2D eigenvalue weighted by Gasteiger charge is -2.07. The van der Waals surface area contributed by atoms with Crippen molar-refractivity contribution in [3.8, 4) is 0 Å². The average molecular weight is 228 g/mol. The molecular formula is C9H16N4OS. The summed E-state index contributed by atoms with van der Waals surface area (Å²) in [5, 5.41) is 18.5. The maximum Gasteiger partial charge on any atom is 0.191 e. The molecule has 1 heterocycles. The first-order chi connectivity index (χ1) is 7.22. The van der Waals surface area contributed by atoms with E-state index in [9.17, 15) is 5.11 Å². The minimum atomic E-state index is -0.201. The van der Waals surface area contributed by atoms with E-state index in [-0.39, 0.29) is 6.10 Å². The van der Waals surface area contributed by atoms with Crippen molar-refractivity contribution in [2.45, 2.75) is 30.6 Å². The van der Waals surface area contributed by atoms with E-state index in [1.165, 1.54) is 0 Å². The average Bonchev–Trinajstić information content (AvgIpc) is 3.01. The number of hydrogen-bond acceptors (Lipinski definition) is 5. The third-order valence-corrected chi connectivity index (χ3v) is 3.78. The van der Waals surface area contributed by atoms with Crippen LogP contribution in [0.4, 0.5) is 0 Å². The van der Waals surface area contributed by atoms with Crippen molar-refractivity contribution in [1.29, 1.82) is 0 Å². The number of aromatic nitrogens is 3. The Hall–Kier alpha value is -0.590. The second kappa shape index (κ2) is 4.51. The largest absolute Gasteiger partial charge is 0.392 e. The Labute approximate surface area is 93.1 Å². The molecule has 15 heavy (non-hydrogen) atoms. The van der Waals surface area contributed by atoms with Crippen molar-refractivity contribution in [3.05, 3.63) is 5.82 Å². The highest BCUT2D eigenvalue weighted by Gasteiger charge is 2.29. The van der Waals surface area contributed by atoms with Crippen molar-refractivity contribution in [1.82, 2.24) is 14.8 Å². The molecule has 6 heteroatoms. The number of nitrogens with zero attached hydrogens (tertiary/aromatic N) is 3. The predicted octanol–water partition coefficient (Wildman–Crippen LogP) is 0.137. The second-order valence-corrected chi connectivity index (χ2v) is 4.86. The highest BCUT2D eigenvalue weighted by molar-refractivity contribution is 7.99. The summed E-state index contributed by atoms with van der Waals surface area (Å²) in [6.45, 7) is 0.398. The van der Waals surface area contributed by atoms with Crippen molar-refractivity contribution in [3.63, 3.8) is 0 Å². The summed E-state index contributed by atoms with van der Waals surface area (Å²) in [5.41, 5.74) is 5.50. The van der Waals surface area contributed by atoms with Crippen LogP contribution in [0.15, 0.2) is 5.16 Å². The van der Waals surface area contributed by atoms with Crippen LogP contribution in [0.25, 0.3) is 0 Å². The summed E-state index contributed by atoms with van der Waals surface area (Å²) < 4.78 is 1.88. The van der Waals surface area contributed by atoms with E-state index in [4.69, 9.17) is 5.73 Å². The van der Waals surface area contributed by atoms with Gasteiger partial charge in [0.25, 0.3) is 0 Å². The zero-order chi connectivity index (χ0) is 10.8. The summed E-state index contributed by atoms with van der Waals surface area (Å²) in [7, 11) is 1.90. The van der Waals surface area contributed by atoms with E-state index in [1.54, 1.807) is 11.8 Å². The standard InChI is InChI=1S/C9H16N4OS/c1-13-8(4-10)11-12-9(13)15-5-7(14)6-2-3-6/h6-7,14H,2-5,10H2,1H3/t7-/m1/s1. The molecule has 0 unspecified atom stereocenters. The molecule has 1 saturated carbocycles. The van der Waals surface area contributed by atoms with E-state index in [0.29, 0.717) is 18.2 Å². The SMILES string of the molecule is Cn1c(CN)nnc1SC[C@@H](O)C1CC1. The first-order valence-corrected chi connectivity index (χ1v) is 6.10. The van der Waals surface area contributed by atoms with Gasteiger partial charge in [0.05, 0.1) is 12.6 Å². The highest BCUT2D eigenvalue weighted by atomic mass is 32.2. The Morgan fingerprint density at radius 1 is 1.60 bits per heavy atom. The van der Waals surface area contributed by atoms with Gasteiger partial charge in [0, 0.05) is 12.8 Å². The lowest BCUT2D eigenvalue weighted by Crippen LogP contribution is -2.13. The number of aliphatic hydroxyl groups is 1. The van der Waals surface area contributed by atoms with E-state index in [1.807, 2.05) is 11.6 Å². The van der Waals surface area contributed by atoms with Crippen LogP contribution in [-0.2, 0) is 13.6 Å². The Balaban J connectivity index is 1.89. The van der Waals surface area contributed by atoms with Crippen LogP contribution >= 0.6 is 11.8 Å². The van der Waals surface area contributed by atoms with Crippen molar-refractivity contribution in [2.24, 2.45) is 18.7 Å². The molecule has 0 aliphatic heterocycles. The Morgan fingerprint density at radius 3 is 2.87 bits per heavy atom. The van der Waals surface area contributed by atoms with Crippen LogP contribution in [-0.4, -0.2) is 31.7 Å². The van der Waals surface area contributed by atoms with Gasteiger partial charge in [0.2, 0.25) is 0 Å². The molecule has 1 fully saturated rings. The molecule has 0 saturated heterocycles. The molecule has 0 aromatic carbocycles. The zero-order valence-electron chi connectivity index (χ0n) is 8.76. The summed E-state index contributed by atoms with van der Waals surface area (Å²) in [5.74, 6) is 1.99. The second-order valence-electron chi connectivity index (χ2n) is 3.88. The van der Waals surface area contributed by atoms with Crippen LogP contribution in [0.3, 0.4) is 0 Å². The molecule has 84 valence electrons. The first kappa shape index (κ1) is 10.9. The minimum Gasteiger partial charge on any atom is -0.392 e. The molecule has 2 rings (SSSR count). The van der Waals surface area contributed by atoms with Gasteiger partial charge in [-0.1, -0.05) is 11.8 Å². The first-order valence-electron chi connectivity index (χ1n) is 5.11. The zero-order valence-corrected chi connectivity index (χ0v) is 9.57. The molecule has 1 atom stereocenters. The molecule has 0 bridgehead atoms. The van der Waals surface area contributed by atoms with Gasteiger partial charge in [-0.05, 0) is 18.8 Å². The molecule has 1 aromatic rings. The number of thioether (sulfide) groups is 1. The predicted molar refractivity (Wildman–Crippen MR) is 58.3 cm³/mol. The molecule has 3 N–H and O–H groups in total. The van der Waals surface area contributed by atoms with Crippen LogP contribution in [0.5, 0.6) is 0 Å². The summed E-state index contributed by atoms with van der Waals surface area (Å²) >= 11 is 1.54. The van der Waals surface area contributed by atoms with E-state index in [0.717, 1.165) is 23.8 Å². The van der Waals surface area contributed by atoms with Gasteiger partial charge in [-0.15, -0.1) is 10.2 Å². The third-order valence-electron chi connectivity index (χ3n) is 2.66. The topological polar surface area (TPSA) is 77.0 Å². The van der Waals surface area contributed by atoms with Crippen LogP contribution < -0.4 is 5.73 Å². The van der Waals surface area contributed by atoms with Gasteiger partial charge >= 0.3 is 0 Å². The molecule has 1 aliphatic carbocycles. The summed E-state index contributed by atoms with van der Waals surface area (Å²) in [4.78, 5) is 0. The third kappa shape index (κ3) is 2.50. The number of nitrogens with two attached hydrogens (primary N) is 1. The lowest BCUT2D eigenvalue weighted by molar-refractivity contribution is 0.176. The fraction of sp³-hybridized carbons (Fsp3) is 0.778. The van der Waals surface area contributed by atoms with Crippen LogP contribution in [0, 0.1) is 5.92 Å². The number of hydrogen-bond donors (Lipinski definition) is 2. The number of rotatable bonds is 5. The van der Waals surface area contributed by atoms with Gasteiger partial charge in [0.15, 0.2) is 5.16 Å². The molecule has 0 radical (unpaired) electrons. The van der Waals surface area contributed by atoms with Crippen molar-refractivity contribution >= 4 is 11.8 Å². The van der Waals surface area contributed by atoms with E-state index < -0.39 is 0 Å². The van der Waals surface area contributed by atoms with E-state index in [2.05, 4.69) is 10.2 Å². The fourth-order valence-electron chi connectivity index (χ4n) is 1.43. The molecule has 1 aliphatic rings. The molecular weight excluding hydrogens is 212 g/mol. The van der Waals surface area contributed by atoms with E-state index >= 15 is 0 Å². The molecule has 0 amide bonds. The number of aliphatic hydroxyl groups excluding tert-OH is 1. The van der Waals surface area contributed by atoms with Crippen LogP contribution in [0.1, 0.15) is 18.7 Å². The monoisotopic (exact) mass is 228 g/mol. The molecule has 0 spiro atoms. The Kier molecular flexibility index (Phi) is 3.28. The minimum absolute atomic E-state index is 0.201. The Morgan fingerprint density at radius 2 is 2.33 bits per heavy atom. The lowest BCUT2D eigenvalue weighted by atomic mass is 10.3. The molecule has 5 nitrogen and oxygen atoms in total. The maximum absolute atomic E-state index is 9.70. The Bertz CT molecular complexity index is 337. The summed E-state index contributed by atoms with van der Waals surface area (Å²) in [6, 6.07) is 0. The normalized spacial score (nSPS) is 18.1. The van der Waals surface area contributed by atoms with Gasteiger partial charge in [0.1, 0.15) is 5.82 Å². The van der Waals surface area contributed by atoms with Gasteiger partial charge in [-0.2, -0.15) is 0 Å². The quantitative estimate of drug-likeness (QED) is 0.701. The van der Waals surface area contributed by atoms with Crippen LogP contribution in [0.2, 0.25) is 0 Å².